The van der Waals surface area contributed by atoms with Crippen molar-refractivity contribution in [1.82, 2.24) is 10.3 Å². The van der Waals surface area contributed by atoms with Gasteiger partial charge in [-0.15, -0.1) is 0 Å². The molecule has 0 bridgehead atoms. The molecule has 0 aliphatic carbocycles. The highest BCUT2D eigenvalue weighted by Crippen LogP contribution is 2.14. The Morgan fingerprint density at radius 1 is 1.61 bits per heavy atom. The van der Waals surface area contributed by atoms with Gasteiger partial charge in [0, 0.05) is 16.4 Å². The number of pyridine rings is 1. The highest BCUT2D eigenvalue weighted by Gasteiger charge is 2.15. The van der Waals surface area contributed by atoms with Crippen molar-refractivity contribution in [1.29, 1.82) is 0 Å². The molecular weight excluding hydrogens is 320 g/mol. The lowest BCUT2D eigenvalue weighted by Gasteiger charge is -2.10. The summed E-state index contributed by atoms with van der Waals surface area (Å²) in [6, 6.07) is 3.01. The number of hydrogen-bond acceptors (Lipinski definition) is 4. The zero-order chi connectivity index (χ0) is 13.4. The number of carboxylic acid groups (broad SMARTS) is 1. The van der Waals surface area contributed by atoms with Crippen LogP contribution in [-0.2, 0) is 15.3 Å². The molecule has 1 aromatic heterocycles. The predicted molar refractivity (Wildman–Crippen MR) is 73.3 cm³/mol. The molecule has 0 fully saturated rings. The fourth-order valence-corrected chi connectivity index (χ4v) is 2.39. The first-order valence-corrected chi connectivity index (χ1v) is 7.19. The van der Waals surface area contributed by atoms with Crippen LogP contribution < -0.4 is 5.32 Å². The third-order valence-electron chi connectivity index (χ3n) is 2.16. The fraction of sp³-hybridized carbons (Fsp3) is 0.364. The number of aliphatic carboxylic acids is 1. The monoisotopic (exact) mass is 332 g/mol. The summed E-state index contributed by atoms with van der Waals surface area (Å²) in [5, 5.41) is 11.1. The first-order chi connectivity index (χ1) is 8.63. The second-order valence-electron chi connectivity index (χ2n) is 3.48. The van der Waals surface area contributed by atoms with E-state index in [9.17, 15) is 9.59 Å². The maximum Gasteiger partial charge on any atom is 0.326 e. The van der Waals surface area contributed by atoms with Crippen LogP contribution in [0.4, 0.5) is 0 Å². The Kier molecular flexibility index (Phi) is 6.74. The second kappa shape index (κ2) is 8.10. The van der Waals surface area contributed by atoms with E-state index >= 15 is 0 Å². The molecule has 1 rings (SSSR count). The molecule has 2 N–H and O–H groups in total. The molecule has 0 saturated heterocycles. The molecule has 0 saturated carbocycles. The van der Waals surface area contributed by atoms with Gasteiger partial charge in [0.25, 0.3) is 0 Å². The minimum atomic E-state index is -1.01. The summed E-state index contributed by atoms with van der Waals surface area (Å²) in [5.74, 6) is 0.362. The number of halogens is 1. The van der Waals surface area contributed by atoms with Crippen LogP contribution in [0.2, 0.25) is 0 Å². The minimum absolute atomic E-state index is 0.398. The molecule has 1 atom stereocenters. The number of carbonyl (C=O) groups excluding carboxylic acids is 1. The third kappa shape index (κ3) is 5.50. The number of rotatable bonds is 8. The van der Waals surface area contributed by atoms with E-state index in [0.717, 1.165) is 15.9 Å². The van der Waals surface area contributed by atoms with Crippen LogP contribution in [0.15, 0.2) is 22.8 Å². The summed E-state index contributed by atoms with van der Waals surface area (Å²) in [5.41, 5.74) is 0.943. The molecule has 98 valence electrons. The van der Waals surface area contributed by atoms with E-state index in [2.05, 4.69) is 26.2 Å². The molecule has 0 aliphatic heterocycles. The normalized spacial score (nSPS) is 11.8. The number of carbonyl (C=O) groups is 2. The average Bonchev–Trinajstić information content (AvgIpc) is 2.35. The molecule has 0 aromatic carbocycles. The predicted octanol–water partition coefficient (Wildman–Crippen LogP) is 1.67. The number of amides is 1. The van der Waals surface area contributed by atoms with E-state index in [1.54, 1.807) is 18.0 Å². The molecule has 1 aromatic rings. The molecule has 0 radical (unpaired) electrons. The van der Waals surface area contributed by atoms with E-state index in [1.807, 2.05) is 12.1 Å². The van der Waals surface area contributed by atoms with E-state index < -0.39 is 12.0 Å². The summed E-state index contributed by atoms with van der Waals surface area (Å²) in [4.78, 5) is 25.2. The Labute approximate surface area is 117 Å². The second-order valence-corrected chi connectivity index (χ2v) is 5.51. The van der Waals surface area contributed by atoms with Gasteiger partial charge in [-0.1, -0.05) is 0 Å². The quantitative estimate of drug-likeness (QED) is 0.559. The highest BCUT2D eigenvalue weighted by atomic mass is 79.9. The number of nitrogens with zero attached hydrogens (tertiary/aromatic N) is 1. The van der Waals surface area contributed by atoms with Crippen LogP contribution in [0, 0.1) is 0 Å². The molecule has 0 aliphatic rings. The molecular formula is C11H13BrN2O3S. The first kappa shape index (κ1) is 15.0. The Balaban J connectivity index is 2.27. The zero-order valence-electron chi connectivity index (χ0n) is 9.51. The molecule has 1 heterocycles. The highest BCUT2D eigenvalue weighted by molar-refractivity contribution is 9.10. The van der Waals surface area contributed by atoms with Gasteiger partial charge in [0.05, 0.1) is 5.69 Å². The van der Waals surface area contributed by atoms with Gasteiger partial charge >= 0.3 is 5.97 Å². The number of nitrogens with one attached hydrogen (secondary N) is 1. The third-order valence-corrected chi connectivity index (χ3v) is 3.65. The molecule has 0 spiro atoms. The zero-order valence-corrected chi connectivity index (χ0v) is 11.9. The average molecular weight is 333 g/mol. The summed E-state index contributed by atoms with van der Waals surface area (Å²) in [6.45, 7) is 0. The maximum atomic E-state index is 10.7. The molecule has 1 unspecified atom stereocenters. The van der Waals surface area contributed by atoms with Crippen LogP contribution in [0.5, 0.6) is 0 Å². The number of aromatic nitrogens is 1. The molecule has 18 heavy (non-hydrogen) atoms. The van der Waals surface area contributed by atoms with Gasteiger partial charge in [0.2, 0.25) is 6.41 Å². The number of thioether (sulfide) groups is 1. The summed E-state index contributed by atoms with van der Waals surface area (Å²) in [7, 11) is 0. The van der Waals surface area contributed by atoms with E-state index in [1.165, 1.54) is 0 Å². The maximum absolute atomic E-state index is 10.7. The van der Waals surface area contributed by atoms with E-state index in [0.29, 0.717) is 18.6 Å². The van der Waals surface area contributed by atoms with Crippen molar-refractivity contribution in [2.24, 2.45) is 0 Å². The van der Waals surface area contributed by atoms with Crippen molar-refractivity contribution in [3.63, 3.8) is 0 Å². The van der Waals surface area contributed by atoms with Gasteiger partial charge in [0.15, 0.2) is 0 Å². The Morgan fingerprint density at radius 3 is 2.94 bits per heavy atom. The Morgan fingerprint density at radius 2 is 2.39 bits per heavy atom. The summed E-state index contributed by atoms with van der Waals surface area (Å²) >= 11 is 4.89. The van der Waals surface area contributed by atoms with Crippen LogP contribution in [0.1, 0.15) is 12.1 Å². The lowest BCUT2D eigenvalue weighted by molar-refractivity contribution is -0.140. The molecule has 7 heteroatoms. The largest absolute Gasteiger partial charge is 0.480 e. The Bertz CT molecular complexity index is 400. The lowest BCUT2D eigenvalue weighted by atomic mass is 10.2. The van der Waals surface area contributed by atoms with Gasteiger partial charge in [0.1, 0.15) is 6.04 Å². The van der Waals surface area contributed by atoms with Gasteiger partial charge in [-0.2, -0.15) is 11.8 Å². The first-order valence-electron chi connectivity index (χ1n) is 5.24. The standard InChI is InChI=1S/C11H13BrN2O3S/c12-8-1-2-9(13-5-8)6-18-4-3-10(11(16)17)14-7-15/h1-2,5,7,10H,3-4,6H2,(H,14,15)(H,16,17). The fourth-order valence-electron chi connectivity index (χ4n) is 1.23. The van der Waals surface area contributed by atoms with Crippen molar-refractivity contribution >= 4 is 40.1 Å². The van der Waals surface area contributed by atoms with Crippen LogP contribution in [-0.4, -0.2) is 34.3 Å². The Hall–Kier alpha value is -1.08. The van der Waals surface area contributed by atoms with Gasteiger partial charge in [-0.3, -0.25) is 9.78 Å². The number of carboxylic acids is 1. The summed E-state index contributed by atoms with van der Waals surface area (Å²) in [6.07, 6.45) is 2.54. The van der Waals surface area contributed by atoms with E-state index in [4.69, 9.17) is 5.11 Å². The van der Waals surface area contributed by atoms with E-state index in [-0.39, 0.29) is 0 Å². The van der Waals surface area contributed by atoms with Crippen LogP contribution in [0.3, 0.4) is 0 Å². The number of hydrogen-bond donors (Lipinski definition) is 2. The van der Waals surface area contributed by atoms with Crippen molar-refractivity contribution in [2.45, 2.75) is 18.2 Å². The smallest absolute Gasteiger partial charge is 0.326 e. The molecule has 1 amide bonds. The van der Waals surface area contributed by atoms with Gasteiger partial charge in [-0.25, -0.2) is 4.79 Å². The van der Waals surface area contributed by atoms with Crippen molar-refractivity contribution in [3.8, 4) is 0 Å². The minimum Gasteiger partial charge on any atom is -0.480 e. The van der Waals surface area contributed by atoms with Crippen molar-refractivity contribution in [3.05, 3.63) is 28.5 Å². The van der Waals surface area contributed by atoms with Gasteiger partial charge in [-0.05, 0) is 40.2 Å². The van der Waals surface area contributed by atoms with Crippen molar-refractivity contribution in [2.75, 3.05) is 5.75 Å². The van der Waals surface area contributed by atoms with Crippen molar-refractivity contribution < 1.29 is 14.7 Å². The topological polar surface area (TPSA) is 79.3 Å². The lowest BCUT2D eigenvalue weighted by Crippen LogP contribution is -2.36. The van der Waals surface area contributed by atoms with Crippen LogP contribution >= 0.6 is 27.7 Å². The molecule has 5 nitrogen and oxygen atoms in total. The van der Waals surface area contributed by atoms with Crippen LogP contribution in [0.25, 0.3) is 0 Å². The summed E-state index contributed by atoms with van der Waals surface area (Å²) < 4.78 is 0.928. The SMILES string of the molecule is O=CNC(CCSCc1ccc(Br)cn1)C(=O)O. The van der Waals surface area contributed by atoms with Gasteiger partial charge < -0.3 is 10.4 Å².